The third kappa shape index (κ3) is 2.16. The second kappa shape index (κ2) is 3.20. The molecule has 0 N–H and O–H groups in total. The van der Waals surface area contributed by atoms with Crippen LogP contribution in [0, 0.1) is 16.7 Å². The molecule has 1 atom stereocenters. The maximum atomic E-state index is 11.9. The minimum Gasteiger partial charge on any atom is -0.299 e. The van der Waals surface area contributed by atoms with E-state index >= 15 is 0 Å². The van der Waals surface area contributed by atoms with Crippen LogP contribution < -0.4 is 0 Å². The predicted molar refractivity (Wildman–Crippen MR) is 62.6 cm³/mol. The second-order valence-electron chi connectivity index (χ2n) is 6.77. The first-order chi connectivity index (χ1) is 6.79. The molecule has 1 fully saturated rings. The standard InChI is InChI=1S/C14H22O/c1-13(2)6-5-10(7-13)11-8-14(3,4)9-12(11)15/h7,11H,5-6,8-9H2,1-4H3. The molecule has 1 heteroatoms. The smallest absolute Gasteiger partial charge is 0.140 e. The highest BCUT2D eigenvalue weighted by Gasteiger charge is 2.41. The van der Waals surface area contributed by atoms with E-state index in [-0.39, 0.29) is 11.3 Å². The fraction of sp³-hybridized carbons (Fsp3) is 0.786. The maximum absolute atomic E-state index is 11.9. The number of allylic oxidation sites excluding steroid dienone is 2. The number of carbonyl (C=O) groups is 1. The lowest BCUT2D eigenvalue weighted by Gasteiger charge is -2.16. The van der Waals surface area contributed by atoms with Crippen LogP contribution >= 0.6 is 0 Å². The van der Waals surface area contributed by atoms with Gasteiger partial charge in [0.1, 0.15) is 5.78 Å². The highest BCUT2D eigenvalue weighted by atomic mass is 16.1. The zero-order chi connectivity index (χ0) is 11.3. The lowest BCUT2D eigenvalue weighted by atomic mass is 9.88. The van der Waals surface area contributed by atoms with Crippen molar-refractivity contribution in [3.63, 3.8) is 0 Å². The predicted octanol–water partition coefficient (Wildman–Crippen LogP) is 3.74. The van der Waals surface area contributed by atoms with Crippen LogP contribution in [-0.2, 0) is 4.79 Å². The number of Topliss-reactive ketones (excluding diaryl/α,β-unsaturated/α-hetero) is 1. The average molecular weight is 206 g/mol. The average Bonchev–Trinajstić information content (AvgIpc) is 2.51. The monoisotopic (exact) mass is 206 g/mol. The van der Waals surface area contributed by atoms with Gasteiger partial charge in [-0.15, -0.1) is 0 Å². The molecule has 0 spiro atoms. The first kappa shape index (κ1) is 10.9. The zero-order valence-corrected chi connectivity index (χ0v) is 10.4. The Morgan fingerprint density at radius 2 is 1.93 bits per heavy atom. The van der Waals surface area contributed by atoms with Gasteiger partial charge < -0.3 is 0 Å². The van der Waals surface area contributed by atoms with Crippen molar-refractivity contribution in [3.05, 3.63) is 11.6 Å². The van der Waals surface area contributed by atoms with E-state index in [2.05, 4.69) is 33.8 Å². The lowest BCUT2D eigenvalue weighted by molar-refractivity contribution is -0.120. The van der Waals surface area contributed by atoms with Gasteiger partial charge in [0.25, 0.3) is 0 Å². The van der Waals surface area contributed by atoms with Crippen LogP contribution in [0.15, 0.2) is 11.6 Å². The highest BCUT2D eigenvalue weighted by molar-refractivity contribution is 5.86. The molecule has 0 amide bonds. The largest absolute Gasteiger partial charge is 0.299 e. The Morgan fingerprint density at radius 3 is 2.33 bits per heavy atom. The van der Waals surface area contributed by atoms with Crippen molar-refractivity contribution >= 4 is 5.78 Å². The summed E-state index contributed by atoms with van der Waals surface area (Å²) in [6, 6.07) is 0. The molecule has 2 rings (SSSR count). The Balaban J connectivity index is 2.17. The molecule has 0 heterocycles. The summed E-state index contributed by atoms with van der Waals surface area (Å²) in [6.07, 6.45) is 6.55. The van der Waals surface area contributed by atoms with Gasteiger partial charge >= 0.3 is 0 Å². The molecular weight excluding hydrogens is 184 g/mol. The fourth-order valence-corrected chi connectivity index (χ4v) is 3.06. The third-order valence-corrected chi connectivity index (χ3v) is 3.88. The van der Waals surface area contributed by atoms with Gasteiger partial charge in [0.05, 0.1) is 0 Å². The Morgan fingerprint density at radius 1 is 1.27 bits per heavy atom. The van der Waals surface area contributed by atoms with E-state index in [0.717, 1.165) is 19.3 Å². The van der Waals surface area contributed by atoms with Crippen LogP contribution in [0.4, 0.5) is 0 Å². The van der Waals surface area contributed by atoms with Gasteiger partial charge in [-0.05, 0) is 30.1 Å². The van der Waals surface area contributed by atoms with Crippen LogP contribution in [0.25, 0.3) is 0 Å². The molecule has 1 unspecified atom stereocenters. The quantitative estimate of drug-likeness (QED) is 0.597. The number of hydrogen-bond donors (Lipinski definition) is 0. The molecule has 15 heavy (non-hydrogen) atoms. The van der Waals surface area contributed by atoms with Gasteiger partial charge in [0.2, 0.25) is 0 Å². The van der Waals surface area contributed by atoms with Crippen LogP contribution in [0.3, 0.4) is 0 Å². The molecule has 0 aromatic rings. The molecule has 84 valence electrons. The summed E-state index contributed by atoms with van der Waals surface area (Å²) in [5, 5.41) is 0. The zero-order valence-electron chi connectivity index (χ0n) is 10.4. The molecule has 2 aliphatic rings. The first-order valence-electron chi connectivity index (χ1n) is 6.03. The molecule has 0 radical (unpaired) electrons. The van der Waals surface area contributed by atoms with Gasteiger partial charge in [-0.1, -0.05) is 39.3 Å². The van der Waals surface area contributed by atoms with E-state index < -0.39 is 0 Å². The minimum atomic E-state index is 0.231. The van der Waals surface area contributed by atoms with Crippen LogP contribution in [0.2, 0.25) is 0 Å². The minimum absolute atomic E-state index is 0.231. The van der Waals surface area contributed by atoms with Crippen molar-refractivity contribution < 1.29 is 4.79 Å². The van der Waals surface area contributed by atoms with Gasteiger partial charge in [0.15, 0.2) is 0 Å². The highest BCUT2D eigenvalue weighted by Crippen LogP contribution is 2.47. The van der Waals surface area contributed by atoms with E-state index in [0.29, 0.717) is 11.2 Å². The van der Waals surface area contributed by atoms with Crippen molar-refractivity contribution in [1.29, 1.82) is 0 Å². The molecule has 0 aromatic heterocycles. The summed E-state index contributed by atoms with van der Waals surface area (Å²) in [5.41, 5.74) is 1.98. The van der Waals surface area contributed by atoms with Crippen molar-refractivity contribution in [1.82, 2.24) is 0 Å². The van der Waals surface area contributed by atoms with Crippen LogP contribution in [0.1, 0.15) is 53.4 Å². The second-order valence-corrected chi connectivity index (χ2v) is 6.77. The van der Waals surface area contributed by atoms with E-state index in [1.54, 1.807) is 0 Å². The summed E-state index contributed by atoms with van der Waals surface area (Å²) >= 11 is 0. The molecule has 0 aliphatic heterocycles. The lowest BCUT2D eigenvalue weighted by Crippen LogP contribution is -2.08. The molecule has 1 nitrogen and oxygen atoms in total. The van der Waals surface area contributed by atoms with E-state index in [1.165, 1.54) is 12.0 Å². The Hall–Kier alpha value is -0.590. The van der Waals surface area contributed by atoms with Crippen molar-refractivity contribution in [2.45, 2.75) is 53.4 Å². The molecule has 0 saturated heterocycles. The van der Waals surface area contributed by atoms with E-state index in [9.17, 15) is 4.79 Å². The maximum Gasteiger partial charge on any atom is 0.140 e. The molecular formula is C14H22O. The summed E-state index contributed by atoms with van der Waals surface area (Å²) < 4.78 is 0. The molecule has 0 aromatic carbocycles. The van der Waals surface area contributed by atoms with E-state index in [4.69, 9.17) is 0 Å². The normalized spacial score (nSPS) is 33.2. The molecule has 1 saturated carbocycles. The SMILES string of the molecule is CC1(C)C=C(C2CC(C)(C)CC2=O)CC1. The van der Waals surface area contributed by atoms with Gasteiger partial charge in [-0.25, -0.2) is 0 Å². The summed E-state index contributed by atoms with van der Waals surface area (Å²) in [5.74, 6) is 0.728. The summed E-state index contributed by atoms with van der Waals surface area (Å²) in [7, 11) is 0. The summed E-state index contributed by atoms with van der Waals surface area (Å²) in [6.45, 7) is 8.96. The Labute approximate surface area is 92.9 Å². The third-order valence-electron chi connectivity index (χ3n) is 3.88. The number of rotatable bonds is 1. The fourth-order valence-electron chi connectivity index (χ4n) is 3.06. The summed E-state index contributed by atoms with van der Waals surface area (Å²) in [4.78, 5) is 11.9. The molecule has 0 bridgehead atoms. The van der Waals surface area contributed by atoms with Gasteiger partial charge in [-0.3, -0.25) is 4.79 Å². The van der Waals surface area contributed by atoms with Crippen molar-refractivity contribution in [2.24, 2.45) is 16.7 Å². The van der Waals surface area contributed by atoms with Gasteiger partial charge in [-0.2, -0.15) is 0 Å². The first-order valence-corrected chi connectivity index (χ1v) is 6.03. The van der Waals surface area contributed by atoms with Crippen molar-refractivity contribution in [3.8, 4) is 0 Å². The number of ketones is 1. The van der Waals surface area contributed by atoms with Crippen LogP contribution in [-0.4, -0.2) is 5.78 Å². The van der Waals surface area contributed by atoms with E-state index in [1.807, 2.05) is 0 Å². The Bertz CT molecular complexity index is 320. The Kier molecular flexibility index (Phi) is 2.33. The number of carbonyl (C=O) groups excluding carboxylic acids is 1. The van der Waals surface area contributed by atoms with Gasteiger partial charge in [0, 0.05) is 12.3 Å². The van der Waals surface area contributed by atoms with Crippen molar-refractivity contribution in [2.75, 3.05) is 0 Å². The number of hydrogen-bond acceptors (Lipinski definition) is 1. The van der Waals surface area contributed by atoms with Crippen LogP contribution in [0.5, 0.6) is 0 Å². The molecule has 2 aliphatic carbocycles. The topological polar surface area (TPSA) is 17.1 Å².